The zero-order valence-corrected chi connectivity index (χ0v) is 8.00. The summed E-state index contributed by atoms with van der Waals surface area (Å²) in [4.78, 5) is 3.50. The number of rotatable bonds is 3. The third-order valence-electron chi connectivity index (χ3n) is 1.86. The van der Waals surface area contributed by atoms with Crippen LogP contribution in [0.5, 0.6) is 5.75 Å². The number of nitrogens with two attached hydrogens (primary N) is 1. The fraction of sp³-hybridized carbons (Fsp3) is 0.333. The molecule has 1 aromatic heterocycles. The van der Waals surface area contributed by atoms with Crippen LogP contribution in [0.1, 0.15) is 23.4 Å². The van der Waals surface area contributed by atoms with E-state index in [9.17, 15) is 8.78 Å². The smallest absolute Gasteiger partial charge is 0.280 e. The predicted octanol–water partition coefficient (Wildman–Crippen LogP) is 1.36. The van der Waals surface area contributed by atoms with E-state index in [0.29, 0.717) is 5.56 Å². The van der Waals surface area contributed by atoms with Gasteiger partial charge in [0.25, 0.3) is 6.43 Å². The molecular weight excluding hydrogens is 204 g/mol. The number of alkyl halides is 2. The molecule has 0 saturated carbocycles. The van der Waals surface area contributed by atoms with Crippen LogP contribution in [0.2, 0.25) is 0 Å². The summed E-state index contributed by atoms with van der Waals surface area (Å²) in [5, 5.41) is 8.71. The van der Waals surface area contributed by atoms with E-state index in [4.69, 9.17) is 15.7 Å². The Hall–Kier alpha value is -1.74. The maximum absolute atomic E-state index is 12.4. The van der Waals surface area contributed by atoms with Crippen LogP contribution in [-0.2, 0) is 6.54 Å². The number of ether oxygens (including phenoxy) is 1. The van der Waals surface area contributed by atoms with Gasteiger partial charge in [-0.1, -0.05) is 0 Å². The van der Waals surface area contributed by atoms with Gasteiger partial charge in [0.05, 0.1) is 7.11 Å². The summed E-state index contributed by atoms with van der Waals surface area (Å²) in [6.45, 7) is 0.0165. The molecule has 0 spiro atoms. The van der Waals surface area contributed by atoms with E-state index >= 15 is 0 Å². The number of hydrogen-bond donors (Lipinski definition) is 1. The van der Waals surface area contributed by atoms with Crippen molar-refractivity contribution in [1.29, 1.82) is 5.26 Å². The summed E-state index contributed by atoms with van der Waals surface area (Å²) in [6, 6.07) is 2.80. The van der Waals surface area contributed by atoms with Crippen molar-refractivity contribution in [3.8, 4) is 11.8 Å². The van der Waals surface area contributed by atoms with Gasteiger partial charge in [-0.25, -0.2) is 13.8 Å². The second-order valence-corrected chi connectivity index (χ2v) is 2.69. The molecule has 1 aromatic rings. The highest BCUT2D eigenvalue weighted by atomic mass is 19.3. The van der Waals surface area contributed by atoms with Crippen molar-refractivity contribution in [1.82, 2.24) is 4.98 Å². The Bertz CT molecular complexity index is 401. The molecule has 1 heterocycles. The normalized spacial score (nSPS) is 10.1. The Balaban J connectivity index is 3.37. The summed E-state index contributed by atoms with van der Waals surface area (Å²) in [5.41, 5.74) is 5.10. The molecule has 0 aliphatic carbocycles. The first kappa shape index (κ1) is 11.3. The van der Waals surface area contributed by atoms with Crippen molar-refractivity contribution in [2.75, 3.05) is 7.11 Å². The Morgan fingerprint density at radius 1 is 1.67 bits per heavy atom. The van der Waals surface area contributed by atoms with Crippen molar-refractivity contribution < 1.29 is 13.5 Å². The van der Waals surface area contributed by atoms with Gasteiger partial charge in [0.15, 0.2) is 0 Å². The summed E-state index contributed by atoms with van der Waals surface area (Å²) < 4.78 is 29.6. The first-order chi connectivity index (χ1) is 7.13. The van der Waals surface area contributed by atoms with Crippen LogP contribution in [0.3, 0.4) is 0 Å². The molecule has 1 rings (SSSR count). The number of nitrogens with zero attached hydrogens (tertiary/aromatic N) is 2. The van der Waals surface area contributed by atoms with Crippen LogP contribution in [0.4, 0.5) is 8.78 Å². The fourth-order valence-electron chi connectivity index (χ4n) is 1.15. The molecule has 4 nitrogen and oxygen atoms in total. The quantitative estimate of drug-likeness (QED) is 0.822. The lowest BCUT2D eigenvalue weighted by molar-refractivity contribution is 0.145. The van der Waals surface area contributed by atoms with Gasteiger partial charge in [-0.05, 0) is 0 Å². The number of methoxy groups -OCH3 is 1. The van der Waals surface area contributed by atoms with Crippen LogP contribution in [0.25, 0.3) is 0 Å². The molecule has 0 aromatic carbocycles. The molecule has 80 valence electrons. The van der Waals surface area contributed by atoms with Crippen LogP contribution < -0.4 is 10.5 Å². The van der Waals surface area contributed by atoms with Gasteiger partial charge >= 0.3 is 0 Å². The van der Waals surface area contributed by atoms with Gasteiger partial charge in [-0.3, -0.25) is 0 Å². The molecule has 0 saturated heterocycles. The van der Waals surface area contributed by atoms with Crippen molar-refractivity contribution in [3.63, 3.8) is 0 Å². The summed E-state index contributed by atoms with van der Waals surface area (Å²) in [5.74, 6) is 0.166. The molecule has 0 amide bonds. The highest BCUT2D eigenvalue weighted by molar-refractivity contribution is 5.44. The lowest BCUT2D eigenvalue weighted by atomic mass is 10.1. The number of aromatic nitrogens is 1. The second-order valence-electron chi connectivity index (χ2n) is 2.69. The third kappa shape index (κ3) is 2.19. The van der Waals surface area contributed by atoms with Crippen molar-refractivity contribution in [2.45, 2.75) is 13.0 Å². The highest BCUT2D eigenvalue weighted by Crippen LogP contribution is 2.26. The largest absolute Gasteiger partial charge is 0.496 e. The van der Waals surface area contributed by atoms with Gasteiger partial charge in [0.1, 0.15) is 23.2 Å². The standard InChI is InChI=1S/C9H9F2N3O/c1-15-8-2-6(9(10)11)14-7(4-13)5(8)3-12/h2,9H,3,12H2,1H3. The first-order valence-corrected chi connectivity index (χ1v) is 4.10. The van der Waals surface area contributed by atoms with E-state index in [1.807, 2.05) is 0 Å². The minimum absolute atomic E-state index is 0.0165. The van der Waals surface area contributed by atoms with Gasteiger partial charge in [-0.15, -0.1) is 0 Å². The maximum Gasteiger partial charge on any atom is 0.280 e. The molecule has 6 heteroatoms. The van der Waals surface area contributed by atoms with Gasteiger partial charge in [0, 0.05) is 18.2 Å². The number of hydrogen-bond acceptors (Lipinski definition) is 4. The molecule has 0 bridgehead atoms. The summed E-state index contributed by atoms with van der Waals surface area (Å²) >= 11 is 0. The van der Waals surface area contributed by atoms with E-state index in [0.717, 1.165) is 6.07 Å². The lowest BCUT2D eigenvalue weighted by Gasteiger charge is -2.09. The number of pyridine rings is 1. The topological polar surface area (TPSA) is 71.9 Å². The third-order valence-corrected chi connectivity index (χ3v) is 1.86. The molecule has 2 N–H and O–H groups in total. The number of nitriles is 1. The summed E-state index contributed by atoms with van der Waals surface area (Å²) in [7, 11) is 1.32. The minimum Gasteiger partial charge on any atom is -0.496 e. The van der Waals surface area contributed by atoms with Crippen LogP contribution in [0.15, 0.2) is 6.07 Å². The van der Waals surface area contributed by atoms with Crippen molar-refractivity contribution >= 4 is 0 Å². The summed E-state index contributed by atoms with van der Waals surface area (Å²) in [6.07, 6.45) is -2.74. The van der Waals surface area contributed by atoms with E-state index in [2.05, 4.69) is 4.98 Å². The van der Waals surface area contributed by atoms with Crippen LogP contribution >= 0.6 is 0 Å². The molecular formula is C9H9F2N3O. The van der Waals surface area contributed by atoms with Crippen LogP contribution in [0, 0.1) is 11.3 Å². The van der Waals surface area contributed by atoms with Gasteiger partial charge < -0.3 is 10.5 Å². The van der Waals surface area contributed by atoms with E-state index in [1.165, 1.54) is 7.11 Å². The highest BCUT2D eigenvalue weighted by Gasteiger charge is 2.16. The Morgan fingerprint density at radius 3 is 2.73 bits per heavy atom. The molecule has 0 fully saturated rings. The average molecular weight is 213 g/mol. The van der Waals surface area contributed by atoms with Crippen molar-refractivity contribution in [3.05, 3.63) is 23.0 Å². The predicted molar refractivity (Wildman–Crippen MR) is 48.4 cm³/mol. The zero-order valence-electron chi connectivity index (χ0n) is 8.00. The zero-order chi connectivity index (χ0) is 11.4. The van der Waals surface area contributed by atoms with E-state index < -0.39 is 12.1 Å². The Kier molecular flexibility index (Phi) is 3.52. The number of halogens is 2. The lowest BCUT2D eigenvalue weighted by Crippen LogP contribution is -2.07. The molecule has 0 aliphatic heterocycles. The van der Waals surface area contributed by atoms with E-state index in [1.54, 1.807) is 6.07 Å². The van der Waals surface area contributed by atoms with E-state index in [-0.39, 0.29) is 18.0 Å². The Morgan fingerprint density at radius 2 is 2.33 bits per heavy atom. The minimum atomic E-state index is -2.74. The van der Waals surface area contributed by atoms with Gasteiger partial charge in [0.2, 0.25) is 0 Å². The van der Waals surface area contributed by atoms with Crippen molar-refractivity contribution in [2.24, 2.45) is 5.73 Å². The SMILES string of the molecule is COc1cc(C(F)F)nc(C#N)c1CN. The monoisotopic (exact) mass is 213 g/mol. The molecule has 0 unspecified atom stereocenters. The maximum atomic E-state index is 12.4. The molecule has 0 aliphatic rings. The average Bonchev–Trinajstić information content (AvgIpc) is 2.26. The molecule has 0 atom stereocenters. The fourth-order valence-corrected chi connectivity index (χ4v) is 1.15. The molecule has 15 heavy (non-hydrogen) atoms. The second kappa shape index (κ2) is 4.66. The first-order valence-electron chi connectivity index (χ1n) is 4.10. The molecule has 0 radical (unpaired) electrons. The van der Waals surface area contributed by atoms with Gasteiger partial charge in [-0.2, -0.15) is 5.26 Å². The van der Waals surface area contributed by atoms with Crippen LogP contribution in [-0.4, -0.2) is 12.1 Å². The Labute approximate surface area is 85.3 Å².